The molecule has 1 atom stereocenters. The van der Waals surface area contributed by atoms with Gasteiger partial charge in [-0.3, -0.25) is 9.59 Å². The van der Waals surface area contributed by atoms with Crippen molar-refractivity contribution < 1.29 is 28.5 Å². The van der Waals surface area contributed by atoms with Crippen LogP contribution in [0.15, 0.2) is 42.5 Å². The molecular formula is C22H25NO6. The molecule has 154 valence electrons. The van der Waals surface area contributed by atoms with Crippen LogP contribution >= 0.6 is 0 Å². The maximum atomic E-state index is 12.5. The minimum Gasteiger partial charge on any atom is -0.493 e. The molecule has 0 spiro atoms. The van der Waals surface area contributed by atoms with Gasteiger partial charge in [-0.05, 0) is 30.3 Å². The van der Waals surface area contributed by atoms with E-state index in [2.05, 4.69) is 0 Å². The van der Waals surface area contributed by atoms with Crippen LogP contribution in [0.5, 0.6) is 23.0 Å². The molecule has 0 aliphatic carbocycles. The van der Waals surface area contributed by atoms with Crippen LogP contribution in [0.4, 0.5) is 0 Å². The lowest BCUT2D eigenvalue weighted by Crippen LogP contribution is -2.41. The van der Waals surface area contributed by atoms with E-state index < -0.39 is 0 Å². The van der Waals surface area contributed by atoms with Gasteiger partial charge >= 0.3 is 0 Å². The number of ether oxygens (including phenoxy) is 4. The van der Waals surface area contributed by atoms with Crippen LogP contribution < -0.4 is 18.9 Å². The molecule has 7 heteroatoms. The Morgan fingerprint density at radius 3 is 2.48 bits per heavy atom. The SMILES string of the molecule is COc1ccc(C(=O)CCC(=O)N(C)CC2COc3ccccc3O2)cc1OC. The highest BCUT2D eigenvalue weighted by Gasteiger charge is 2.24. The van der Waals surface area contributed by atoms with E-state index in [9.17, 15) is 9.59 Å². The third-order valence-electron chi connectivity index (χ3n) is 4.74. The molecule has 29 heavy (non-hydrogen) atoms. The Labute approximate surface area is 170 Å². The van der Waals surface area contributed by atoms with Gasteiger partial charge in [-0.2, -0.15) is 0 Å². The van der Waals surface area contributed by atoms with Gasteiger partial charge in [0.25, 0.3) is 0 Å². The molecule has 1 amide bonds. The summed E-state index contributed by atoms with van der Waals surface area (Å²) in [7, 11) is 4.75. The standard InChI is InChI=1S/C22H25NO6/c1-23(13-16-14-28-19-6-4-5-7-20(19)29-16)22(25)11-9-17(24)15-8-10-18(26-2)21(12-15)27-3/h4-8,10,12,16H,9,11,13-14H2,1-3H3. The molecular weight excluding hydrogens is 374 g/mol. The number of hydrogen-bond acceptors (Lipinski definition) is 6. The van der Waals surface area contributed by atoms with E-state index in [1.165, 1.54) is 14.2 Å². The summed E-state index contributed by atoms with van der Waals surface area (Å²) in [5.41, 5.74) is 0.485. The maximum absolute atomic E-state index is 12.5. The molecule has 1 aliphatic rings. The molecule has 0 bridgehead atoms. The molecule has 0 saturated heterocycles. The second-order valence-electron chi connectivity index (χ2n) is 6.76. The highest BCUT2D eigenvalue weighted by Crippen LogP contribution is 2.31. The average Bonchev–Trinajstić information content (AvgIpc) is 2.76. The number of Topliss-reactive ketones (excluding diaryl/α,β-unsaturated/α-hetero) is 1. The fraction of sp³-hybridized carbons (Fsp3) is 0.364. The summed E-state index contributed by atoms with van der Waals surface area (Å²) in [6, 6.07) is 12.4. The van der Waals surface area contributed by atoms with Crippen molar-refractivity contribution in [3.05, 3.63) is 48.0 Å². The predicted octanol–water partition coefficient (Wildman–Crippen LogP) is 2.97. The van der Waals surface area contributed by atoms with Crippen LogP contribution in [-0.4, -0.2) is 57.1 Å². The van der Waals surface area contributed by atoms with Crippen molar-refractivity contribution >= 4 is 11.7 Å². The molecule has 3 rings (SSSR count). The quantitative estimate of drug-likeness (QED) is 0.636. The van der Waals surface area contributed by atoms with Crippen LogP contribution in [0.25, 0.3) is 0 Å². The number of amides is 1. The van der Waals surface area contributed by atoms with Crippen molar-refractivity contribution in [2.45, 2.75) is 18.9 Å². The second kappa shape index (κ2) is 9.32. The first-order chi connectivity index (χ1) is 14.0. The normalized spacial score (nSPS) is 14.8. The molecule has 1 unspecified atom stereocenters. The summed E-state index contributed by atoms with van der Waals surface area (Å²) in [5, 5.41) is 0. The first-order valence-electron chi connectivity index (χ1n) is 9.39. The maximum Gasteiger partial charge on any atom is 0.222 e. The third-order valence-corrected chi connectivity index (χ3v) is 4.74. The molecule has 7 nitrogen and oxygen atoms in total. The van der Waals surface area contributed by atoms with Gasteiger partial charge in [0.1, 0.15) is 6.61 Å². The zero-order valence-corrected chi connectivity index (χ0v) is 16.8. The summed E-state index contributed by atoms with van der Waals surface area (Å²) in [4.78, 5) is 26.5. The molecule has 0 N–H and O–H groups in total. The number of carbonyl (C=O) groups excluding carboxylic acids is 2. The first kappa shape index (κ1) is 20.5. The van der Waals surface area contributed by atoms with Gasteiger partial charge in [-0.1, -0.05) is 12.1 Å². The number of likely N-dealkylation sites (N-methyl/N-ethyl adjacent to an activating group) is 1. The molecule has 2 aromatic rings. The zero-order valence-electron chi connectivity index (χ0n) is 16.8. The molecule has 0 fully saturated rings. The number of rotatable bonds is 8. The zero-order chi connectivity index (χ0) is 20.8. The van der Waals surface area contributed by atoms with E-state index in [1.54, 1.807) is 30.1 Å². The Morgan fingerprint density at radius 1 is 1.03 bits per heavy atom. The van der Waals surface area contributed by atoms with Gasteiger partial charge in [-0.15, -0.1) is 0 Å². The Morgan fingerprint density at radius 2 is 1.76 bits per heavy atom. The van der Waals surface area contributed by atoms with Crippen LogP contribution in [-0.2, 0) is 4.79 Å². The monoisotopic (exact) mass is 399 g/mol. The number of carbonyl (C=O) groups is 2. The van der Waals surface area contributed by atoms with Crippen molar-refractivity contribution in [1.29, 1.82) is 0 Å². The first-order valence-corrected chi connectivity index (χ1v) is 9.39. The number of benzene rings is 2. The number of ketones is 1. The van der Waals surface area contributed by atoms with E-state index in [4.69, 9.17) is 18.9 Å². The number of hydrogen-bond donors (Lipinski definition) is 0. The van der Waals surface area contributed by atoms with Gasteiger partial charge in [0, 0.05) is 25.5 Å². The van der Waals surface area contributed by atoms with Crippen LogP contribution in [0.3, 0.4) is 0 Å². The number of methoxy groups -OCH3 is 2. The van der Waals surface area contributed by atoms with Crippen molar-refractivity contribution in [1.82, 2.24) is 4.90 Å². The van der Waals surface area contributed by atoms with E-state index in [-0.39, 0.29) is 30.6 Å². The second-order valence-corrected chi connectivity index (χ2v) is 6.76. The summed E-state index contributed by atoms with van der Waals surface area (Å²) >= 11 is 0. The third kappa shape index (κ3) is 4.99. The summed E-state index contributed by atoms with van der Waals surface area (Å²) in [6.07, 6.45) is -0.0161. The predicted molar refractivity (Wildman–Crippen MR) is 107 cm³/mol. The fourth-order valence-electron chi connectivity index (χ4n) is 3.13. The largest absolute Gasteiger partial charge is 0.493 e. The van der Waals surface area contributed by atoms with Gasteiger partial charge < -0.3 is 23.8 Å². The summed E-state index contributed by atoms with van der Waals surface area (Å²) in [5.74, 6) is 2.17. The topological polar surface area (TPSA) is 74.3 Å². The van der Waals surface area contributed by atoms with E-state index in [0.29, 0.717) is 41.7 Å². The van der Waals surface area contributed by atoms with Crippen molar-refractivity contribution in [2.75, 3.05) is 34.4 Å². The Kier molecular flexibility index (Phi) is 6.59. The lowest BCUT2D eigenvalue weighted by Gasteiger charge is -2.29. The minimum atomic E-state index is -0.250. The minimum absolute atomic E-state index is 0.115. The van der Waals surface area contributed by atoms with E-state index in [1.807, 2.05) is 24.3 Å². The lowest BCUT2D eigenvalue weighted by atomic mass is 10.1. The van der Waals surface area contributed by atoms with Crippen LogP contribution in [0, 0.1) is 0 Å². The van der Waals surface area contributed by atoms with Crippen molar-refractivity contribution in [2.24, 2.45) is 0 Å². The van der Waals surface area contributed by atoms with Gasteiger partial charge in [0.2, 0.25) is 5.91 Å². The highest BCUT2D eigenvalue weighted by atomic mass is 16.6. The fourth-order valence-corrected chi connectivity index (χ4v) is 3.13. The van der Waals surface area contributed by atoms with E-state index in [0.717, 1.165) is 0 Å². The molecule has 0 radical (unpaired) electrons. The van der Waals surface area contributed by atoms with Gasteiger partial charge in [0.15, 0.2) is 34.9 Å². The lowest BCUT2D eigenvalue weighted by molar-refractivity contribution is -0.131. The van der Waals surface area contributed by atoms with Crippen LogP contribution in [0.1, 0.15) is 23.2 Å². The molecule has 1 heterocycles. The number of para-hydroxylation sites is 2. The van der Waals surface area contributed by atoms with Gasteiger partial charge in [-0.25, -0.2) is 0 Å². The molecule has 0 aromatic heterocycles. The Bertz CT molecular complexity index is 881. The Hall–Kier alpha value is -3.22. The van der Waals surface area contributed by atoms with Crippen LogP contribution in [0.2, 0.25) is 0 Å². The number of nitrogens with zero attached hydrogens (tertiary/aromatic N) is 1. The molecule has 0 saturated carbocycles. The summed E-state index contributed by atoms with van der Waals surface area (Å²) in [6.45, 7) is 0.761. The highest BCUT2D eigenvalue weighted by molar-refractivity contribution is 5.98. The van der Waals surface area contributed by atoms with Crippen molar-refractivity contribution in [3.8, 4) is 23.0 Å². The molecule has 1 aliphatic heterocycles. The average molecular weight is 399 g/mol. The number of fused-ring (bicyclic) bond motifs is 1. The molecule has 2 aromatic carbocycles. The summed E-state index contributed by atoms with van der Waals surface area (Å²) < 4.78 is 22.0. The Balaban J connectivity index is 1.51. The smallest absolute Gasteiger partial charge is 0.222 e. The van der Waals surface area contributed by atoms with Gasteiger partial charge in [0.05, 0.1) is 20.8 Å². The van der Waals surface area contributed by atoms with E-state index >= 15 is 0 Å². The van der Waals surface area contributed by atoms with Crippen molar-refractivity contribution in [3.63, 3.8) is 0 Å².